The molecule has 0 bridgehead atoms. The van der Waals surface area contributed by atoms with Crippen molar-refractivity contribution in [3.63, 3.8) is 0 Å². The van der Waals surface area contributed by atoms with E-state index in [0.29, 0.717) is 17.5 Å². The summed E-state index contributed by atoms with van der Waals surface area (Å²) in [6.07, 6.45) is 3.63. The first-order valence-electron chi connectivity index (χ1n) is 9.82. The largest absolute Gasteiger partial charge is 0.495 e. The third-order valence-corrected chi connectivity index (χ3v) is 6.85. The lowest BCUT2D eigenvalue weighted by molar-refractivity contribution is 0.0930. The molecule has 0 unspecified atom stereocenters. The number of rotatable bonds is 6. The van der Waals surface area contributed by atoms with E-state index < -0.39 is 10.0 Å². The van der Waals surface area contributed by atoms with Gasteiger partial charge in [-0.1, -0.05) is 16.8 Å². The molecule has 0 saturated carbocycles. The van der Waals surface area contributed by atoms with Gasteiger partial charge in [-0.25, -0.2) is 8.42 Å². The Labute approximate surface area is 193 Å². The van der Waals surface area contributed by atoms with Gasteiger partial charge in [-0.15, -0.1) is 0 Å². The average Bonchev–Trinajstić information content (AvgIpc) is 3.43. The van der Waals surface area contributed by atoms with Crippen LogP contribution >= 0.6 is 11.6 Å². The molecule has 0 fully saturated rings. The second kappa shape index (κ2) is 8.09. The molecule has 1 N–H and O–H groups in total. The van der Waals surface area contributed by atoms with Gasteiger partial charge in [0.1, 0.15) is 5.75 Å². The standard InChI is InChI=1S/C21H17ClN4O6S/c1-30-16-4-3-13-15(27)5-8-31-19(13)20(16)33(28,29)25-21-18-14(22)9-12(10-17(18)32-24-21)11-26-7-2-6-23-26/h2-4,6-7,9-10H,5,8,11H2,1H3,(H,24,25). The first-order valence-corrected chi connectivity index (χ1v) is 11.7. The van der Waals surface area contributed by atoms with Gasteiger partial charge in [-0.2, -0.15) is 5.10 Å². The molecule has 5 rings (SSSR count). The molecule has 10 nitrogen and oxygen atoms in total. The monoisotopic (exact) mass is 488 g/mol. The molecule has 1 aliphatic heterocycles. The SMILES string of the molecule is COc1ccc2c(c1S(=O)(=O)Nc1noc3cc(Cn4cccn4)cc(Cl)c13)OCCC2=O. The summed E-state index contributed by atoms with van der Waals surface area (Å²) in [6, 6.07) is 8.09. The van der Waals surface area contributed by atoms with E-state index in [2.05, 4.69) is 15.0 Å². The van der Waals surface area contributed by atoms with E-state index in [0.717, 1.165) is 5.56 Å². The molecule has 2 aromatic heterocycles. The lowest BCUT2D eigenvalue weighted by Crippen LogP contribution is -2.21. The number of aromatic nitrogens is 3. The van der Waals surface area contributed by atoms with Crippen LogP contribution in [-0.4, -0.2) is 42.9 Å². The van der Waals surface area contributed by atoms with Crippen molar-refractivity contribution >= 4 is 44.2 Å². The third kappa shape index (κ3) is 3.79. The van der Waals surface area contributed by atoms with E-state index >= 15 is 0 Å². The number of ketones is 1. The number of carbonyl (C=O) groups excluding carboxylic acids is 1. The van der Waals surface area contributed by atoms with E-state index in [4.69, 9.17) is 25.6 Å². The zero-order valence-electron chi connectivity index (χ0n) is 17.2. The van der Waals surface area contributed by atoms with E-state index in [-0.39, 0.29) is 51.6 Å². The molecule has 33 heavy (non-hydrogen) atoms. The van der Waals surface area contributed by atoms with E-state index in [9.17, 15) is 13.2 Å². The van der Waals surface area contributed by atoms with Crippen molar-refractivity contribution in [2.75, 3.05) is 18.4 Å². The van der Waals surface area contributed by atoms with Crippen molar-refractivity contribution in [1.29, 1.82) is 0 Å². The highest BCUT2D eigenvalue weighted by Crippen LogP contribution is 2.41. The highest BCUT2D eigenvalue weighted by Gasteiger charge is 2.33. The minimum atomic E-state index is -4.30. The number of hydrogen-bond acceptors (Lipinski definition) is 8. The Morgan fingerprint density at radius 3 is 2.91 bits per heavy atom. The van der Waals surface area contributed by atoms with Gasteiger partial charge in [-0.3, -0.25) is 14.2 Å². The topological polar surface area (TPSA) is 126 Å². The average molecular weight is 489 g/mol. The second-order valence-corrected chi connectivity index (χ2v) is 9.31. The van der Waals surface area contributed by atoms with Crippen molar-refractivity contribution in [1.82, 2.24) is 14.9 Å². The molecule has 0 spiro atoms. The lowest BCUT2D eigenvalue weighted by Gasteiger charge is -2.21. The summed E-state index contributed by atoms with van der Waals surface area (Å²) in [7, 11) is -2.97. The van der Waals surface area contributed by atoms with E-state index in [1.807, 2.05) is 0 Å². The highest BCUT2D eigenvalue weighted by molar-refractivity contribution is 7.93. The Morgan fingerprint density at radius 1 is 1.30 bits per heavy atom. The molecule has 170 valence electrons. The normalized spacial score (nSPS) is 13.6. The minimum Gasteiger partial charge on any atom is -0.495 e. The Morgan fingerprint density at radius 2 is 2.15 bits per heavy atom. The van der Waals surface area contributed by atoms with Crippen molar-refractivity contribution in [2.24, 2.45) is 0 Å². The summed E-state index contributed by atoms with van der Waals surface area (Å²) < 4.78 is 47.0. The van der Waals surface area contributed by atoms with Crippen molar-refractivity contribution in [2.45, 2.75) is 17.9 Å². The van der Waals surface area contributed by atoms with Crippen molar-refractivity contribution in [3.05, 3.63) is 58.9 Å². The molecule has 1 aliphatic rings. The number of fused-ring (bicyclic) bond motifs is 2. The maximum atomic E-state index is 13.4. The summed E-state index contributed by atoms with van der Waals surface area (Å²) in [5.74, 6) is -0.340. The number of carbonyl (C=O) groups is 1. The van der Waals surface area contributed by atoms with Crippen LogP contribution in [0.15, 0.2) is 52.1 Å². The molecular formula is C21H17ClN4O6S. The molecule has 0 saturated heterocycles. The van der Waals surface area contributed by atoms with Crippen LogP contribution in [0.2, 0.25) is 5.02 Å². The Balaban J connectivity index is 1.55. The van der Waals surface area contributed by atoms with Gasteiger partial charge in [0.25, 0.3) is 10.0 Å². The van der Waals surface area contributed by atoms with Crippen LogP contribution in [0.4, 0.5) is 5.82 Å². The number of nitrogens with zero attached hydrogens (tertiary/aromatic N) is 3. The summed E-state index contributed by atoms with van der Waals surface area (Å²) in [6.45, 7) is 0.516. The second-order valence-electron chi connectivity index (χ2n) is 7.29. The molecule has 0 atom stereocenters. The van der Waals surface area contributed by atoms with Crippen LogP contribution in [0.25, 0.3) is 11.0 Å². The molecule has 3 heterocycles. The van der Waals surface area contributed by atoms with Crippen LogP contribution in [0, 0.1) is 0 Å². The van der Waals surface area contributed by atoms with Crippen molar-refractivity contribution in [3.8, 4) is 11.5 Å². The van der Waals surface area contributed by atoms with Gasteiger partial charge >= 0.3 is 0 Å². The number of anilines is 1. The molecule has 0 radical (unpaired) electrons. The number of benzene rings is 2. The van der Waals surface area contributed by atoms with Gasteiger partial charge in [0.2, 0.25) is 0 Å². The van der Waals surface area contributed by atoms with E-state index in [1.54, 1.807) is 35.3 Å². The fourth-order valence-corrected chi connectivity index (χ4v) is 5.35. The number of methoxy groups -OCH3 is 1. The number of halogens is 1. The predicted molar refractivity (Wildman–Crippen MR) is 119 cm³/mol. The molecule has 4 aromatic rings. The van der Waals surface area contributed by atoms with Crippen LogP contribution in [0.3, 0.4) is 0 Å². The fourth-order valence-electron chi connectivity index (χ4n) is 3.70. The van der Waals surface area contributed by atoms with E-state index in [1.165, 1.54) is 19.2 Å². The van der Waals surface area contributed by atoms with Crippen LogP contribution in [0.1, 0.15) is 22.3 Å². The molecular weight excluding hydrogens is 472 g/mol. The lowest BCUT2D eigenvalue weighted by atomic mass is 10.0. The fraction of sp³-hybridized carbons (Fsp3) is 0.190. The van der Waals surface area contributed by atoms with Crippen molar-refractivity contribution < 1.29 is 27.2 Å². The molecule has 0 aliphatic carbocycles. The number of nitrogens with one attached hydrogen (secondary N) is 1. The van der Waals surface area contributed by atoms with Gasteiger partial charge in [0, 0.05) is 18.8 Å². The summed E-state index contributed by atoms with van der Waals surface area (Å²) in [5, 5.41) is 8.57. The minimum absolute atomic E-state index is 0.0244. The van der Waals surface area contributed by atoms with Gasteiger partial charge < -0.3 is 14.0 Å². The van der Waals surface area contributed by atoms with Crippen LogP contribution in [0.5, 0.6) is 11.5 Å². The summed E-state index contributed by atoms with van der Waals surface area (Å²) in [5.41, 5.74) is 1.28. The third-order valence-electron chi connectivity index (χ3n) is 5.16. The quantitative estimate of drug-likeness (QED) is 0.437. The number of ether oxygens (including phenoxy) is 2. The zero-order chi connectivity index (χ0) is 23.2. The van der Waals surface area contributed by atoms with Gasteiger partial charge in [0.05, 0.1) is 36.2 Å². The molecule has 0 amide bonds. The van der Waals surface area contributed by atoms with Crippen LogP contribution < -0.4 is 14.2 Å². The summed E-state index contributed by atoms with van der Waals surface area (Å²) in [4.78, 5) is 12.0. The Bertz CT molecular complexity index is 1480. The highest BCUT2D eigenvalue weighted by atomic mass is 35.5. The zero-order valence-corrected chi connectivity index (χ0v) is 18.8. The predicted octanol–water partition coefficient (Wildman–Crippen LogP) is 3.50. The number of sulfonamides is 1. The first-order chi connectivity index (χ1) is 15.9. The Kier molecular flexibility index (Phi) is 5.22. The van der Waals surface area contributed by atoms with Crippen LogP contribution in [-0.2, 0) is 16.6 Å². The van der Waals surface area contributed by atoms with Gasteiger partial charge in [-0.05, 0) is 35.9 Å². The van der Waals surface area contributed by atoms with Gasteiger partial charge in [0.15, 0.2) is 27.8 Å². The number of Topliss-reactive ketones (excluding diaryl/α,β-unsaturated/α-hetero) is 1. The molecule has 2 aromatic carbocycles. The maximum Gasteiger partial charge on any atom is 0.270 e. The maximum absolute atomic E-state index is 13.4. The summed E-state index contributed by atoms with van der Waals surface area (Å²) >= 11 is 6.46. The molecule has 12 heteroatoms. The first kappa shape index (κ1) is 21.3. The Hall–Kier alpha value is -3.57. The number of hydrogen-bond donors (Lipinski definition) is 1. The smallest absolute Gasteiger partial charge is 0.270 e.